The Bertz CT molecular complexity index is 1460. The highest BCUT2D eigenvalue weighted by Crippen LogP contribution is 2.30. The Morgan fingerprint density at radius 3 is 2.25 bits per heavy atom. The van der Waals surface area contributed by atoms with Crippen molar-refractivity contribution in [1.82, 2.24) is 4.57 Å². The number of ether oxygens (including phenoxy) is 2. The second-order valence-electron chi connectivity index (χ2n) is 10.1. The molecule has 0 N–H and O–H groups in total. The zero-order valence-electron chi connectivity index (χ0n) is 23.9. The summed E-state index contributed by atoms with van der Waals surface area (Å²) in [5.74, 6) is 5.66. The standard InChI is InChI=1S/C35H39F2NO2/c1-4-6-13-30-26(3)38(23-7-5-2)35-28(12-10-14-31(30)35)20-17-27-18-21-29(22-19-27)39-24-8-9-25-40-33-16-11-15-32(36)34(33)37/h10-12,14-16,18-19,21-22H,4-9,13,23-25H2,1-3H3. The van der Waals surface area contributed by atoms with Crippen LogP contribution in [0.5, 0.6) is 11.5 Å². The van der Waals surface area contributed by atoms with E-state index in [1.807, 2.05) is 24.3 Å². The van der Waals surface area contributed by atoms with Gasteiger partial charge in [-0.1, -0.05) is 56.7 Å². The van der Waals surface area contributed by atoms with Gasteiger partial charge in [0.25, 0.3) is 0 Å². The van der Waals surface area contributed by atoms with Gasteiger partial charge in [0.05, 0.1) is 18.7 Å². The van der Waals surface area contributed by atoms with E-state index >= 15 is 0 Å². The summed E-state index contributed by atoms with van der Waals surface area (Å²) in [7, 11) is 0. The third-order valence-electron chi connectivity index (χ3n) is 7.17. The minimum absolute atomic E-state index is 0.0601. The first kappa shape index (κ1) is 29.2. The predicted octanol–water partition coefficient (Wildman–Crippen LogP) is 9.01. The van der Waals surface area contributed by atoms with Gasteiger partial charge in [-0.25, -0.2) is 4.39 Å². The van der Waals surface area contributed by atoms with Crippen molar-refractivity contribution in [3.8, 4) is 23.3 Å². The Morgan fingerprint density at radius 2 is 1.50 bits per heavy atom. The van der Waals surface area contributed by atoms with Gasteiger partial charge in [0.15, 0.2) is 11.6 Å². The molecule has 3 aromatic carbocycles. The molecule has 0 atom stereocenters. The number of unbranched alkanes of at least 4 members (excludes halogenated alkanes) is 3. The van der Waals surface area contributed by atoms with Gasteiger partial charge in [-0.15, -0.1) is 0 Å². The molecule has 210 valence electrons. The molecule has 0 saturated heterocycles. The summed E-state index contributed by atoms with van der Waals surface area (Å²) >= 11 is 0. The molecular weight excluding hydrogens is 504 g/mol. The molecular formula is C35H39F2NO2. The van der Waals surface area contributed by atoms with Gasteiger partial charge in [0, 0.05) is 28.8 Å². The maximum Gasteiger partial charge on any atom is 0.200 e. The number of hydrogen-bond donors (Lipinski definition) is 0. The van der Waals surface area contributed by atoms with Gasteiger partial charge in [-0.3, -0.25) is 0 Å². The summed E-state index contributed by atoms with van der Waals surface area (Å²) in [4.78, 5) is 0. The van der Waals surface area contributed by atoms with E-state index in [1.165, 1.54) is 47.1 Å². The molecule has 3 nitrogen and oxygen atoms in total. The summed E-state index contributed by atoms with van der Waals surface area (Å²) in [5, 5.41) is 1.34. The van der Waals surface area contributed by atoms with E-state index < -0.39 is 11.6 Å². The van der Waals surface area contributed by atoms with Crippen molar-refractivity contribution >= 4 is 10.9 Å². The molecule has 0 aliphatic heterocycles. The van der Waals surface area contributed by atoms with Gasteiger partial charge in [0.1, 0.15) is 5.75 Å². The lowest BCUT2D eigenvalue weighted by Crippen LogP contribution is -2.04. The molecule has 0 spiro atoms. The second-order valence-corrected chi connectivity index (χ2v) is 10.1. The van der Waals surface area contributed by atoms with Gasteiger partial charge in [-0.05, 0) is 87.1 Å². The highest BCUT2D eigenvalue weighted by molar-refractivity contribution is 5.90. The molecule has 0 saturated carbocycles. The van der Waals surface area contributed by atoms with E-state index in [1.54, 1.807) is 0 Å². The Kier molecular flexibility index (Phi) is 10.6. The molecule has 40 heavy (non-hydrogen) atoms. The van der Waals surface area contributed by atoms with Crippen LogP contribution in [-0.4, -0.2) is 17.8 Å². The van der Waals surface area contributed by atoms with E-state index in [0.717, 1.165) is 55.2 Å². The van der Waals surface area contributed by atoms with Crippen molar-refractivity contribution in [3.05, 3.63) is 94.7 Å². The molecule has 1 heterocycles. The lowest BCUT2D eigenvalue weighted by molar-refractivity contribution is 0.257. The number of aryl methyl sites for hydroxylation is 2. The minimum atomic E-state index is -0.948. The smallest absolute Gasteiger partial charge is 0.200 e. The average molecular weight is 544 g/mol. The van der Waals surface area contributed by atoms with Gasteiger partial charge in [0.2, 0.25) is 5.82 Å². The summed E-state index contributed by atoms with van der Waals surface area (Å²) < 4.78 is 40.5. The number of benzene rings is 3. The fourth-order valence-electron chi connectivity index (χ4n) is 4.91. The number of rotatable bonds is 13. The number of halogens is 2. The average Bonchev–Trinajstić information content (AvgIpc) is 3.24. The number of hydrogen-bond acceptors (Lipinski definition) is 2. The molecule has 4 rings (SSSR count). The summed E-state index contributed by atoms with van der Waals surface area (Å²) in [6.07, 6.45) is 7.21. The third-order valence-corrected chi connectivity index (χ3v) is 7.17. The van der Waals surface area contributed by atoms with Crippen molar-refractivity contribution in [3.63, 3.8) is 0 Å². The van der Waals surface area contributed by atoms with Crippen LogP contribution in [0.15, 0.2) is 60.7 Å². The summed E-state index contributed by atoms with van der Waals surface area (Å²) in [5.41, 5.74) is 6.10. The van der Waals surface area contributed by atoms with Crippen LogP contribution in [0.25, 0.3) is 10.9 Å². The molecule has 0 unspecified atom stereocenters. The van der Waals surface area contributed by atoms with Crippen molar-refractivity contribution < 1.29 is 18.3 Å². The minimum Gasteiger partial charge on any atom is -0.494 e. The highest BCUT2D eigenvalue weighted by atomic mass is 19.2. The fourth-order valence-corrected chi connectivity index (χ4v) is 4.91. The molecule has 0 aliphatic carbocycles. The Hall–Kier alpha value is -3.78. The van der Waals surface area contributed by atoms with E-state index in [9.17, 15) is 8.78 Å². The highest BCUT2D eigenvalue weighted by Gasteiger charge is 2.15. The largest absolute Gasteiger partial charge is 0.494 e. The first-order valence-corrected chi connectivity index (χ1v) is 14.5. The maximum atomic E-state index is 13.6. The van der Waals surface area contributed by atoms with Crippen LogP contribution < -0.4 is 9.47 Å². The van der Waals surface area contributed by atoms with Crippen LogP contribution in [0.2, 0.25) is 0 Å². The van der Waals surface area contributed by atoms with Crippen LogP contribution in [0.4, 0.5) is 8.78 Å². The first-order valence-electron chi connectivity index (χ1n) is 14.5. The van der Waals surface area contributed by atoms with Crippen LogP contribution >= 0.6 is 0 Å². The van der Waals surface area contributed by atoms with E-state index in [0.29, 0.717) is 19.6 Å². The van der Waals surface area contributed by atoms with Gasteiger partial charge >= 0.3 is 0 Å². The monoisotopic (exact) mass is 543 g/mol. The molecule has 0 aliphatic rings. The number of aromatic nitrogens is 1. The summed E-state index contributed by atoms with van der Waals surface area (Å²) in [6.45, 7) is 8.56. The molecule has 0 amide bonds. The van der Waals surface area contributed by atoms with E-state index in [4.69, 9.17) is 9.47 Å². The molecule has 1 aromatic heterocycles. The lowest BCUT2D eigenvalue weighted by atomic mass is 10.0. The van der Waals surface area contributed by atoms with E-state index in [-0.39, 0.29) is 5.75 Å². The number of fused-ring (bicyclic) bond motifs is 1. The SMILES string of the molecule is CCCCc1c(C)n(CCCC)c2c(C#Cc3ccc(OCCCCOc4cccc(F)c4F)cc3)cccc12. The summed E-state index contributed by atoms with van der Waals surface area (Å²) in [6, 6.07) is 18.3. The molecule has 0 fully saturated rings. The van der Waals surface area contributed by atoms with Gasteiger partial charge in [-0.2, -0.15) is 4.39 Å². The van der Waals surface area contributed by atoms with Crippen molar-refractivity contribution in [2.24, 2.45) is 0 Å². The second kappa shape index (κ2) is 14.6. The normalized spacial score (nSPS) is 10.9. The quantitative estimate of drug-likeness (QED) is 0.124. The fraction of sp³-hybridized carbons (Fsp3) is 0.371. The van der Waals surface area contributed by atoms with Crippen molar-refractivity contribution in [2.75, 3.05) is 13.2 Å². The molecule has 0 bridgehead atoms. The molecule has 4 aromatic rings. The maximum absolute atomic E-state index is 13.6. The Morgan fingerprint density at radius 1 is 0.775 bits per heavy atom. The molecule has 0 radical (unpaired) electrons. The van der Waals surface area contributed by atoms with Crippen molar-refractivity contribution in [2.45, 2.75) is 72.3 Å². The lowest BCUT2D eigenvalue weighted by Gasteiger charge is -2.09. The zero-order chi connectivity index (χ0) is 28.3. The van der Waals surface area contributed by atoms with Crippen LogP contribution in [-0.2, 0) is 13.0 Å². The van der Waals surface area contributed by atoms with Crippen molar-refractivity contribution in [1.29, 1.82) is 0 Å². The first-order chi connectivity index (χ1) is 19.5. The van der Waals surface area contributed by atoms with Crippen LogP contribution in [0, 0.1) is 30.4 Å². The topological polar surface area (TPSA) is 23.4 Å². The number of para-hydroxylation sites is 1. The molecule has 5 heteroatoms. The Labute approximate surface area is 237 Å². The van der Waals surface area contributed by atoms with Gasteiger partial charge < -0.3 is 14.0 Å². The van der Waals surface area contributed by atoms with Crippen LogP contribution in [0.1, 0.15) is 74.8 Å². The van der Waals surface area contributed by atoms with E-state index in [2.05, 4.69) is 55.4 Å². The zero-order valence-corrected chi connectivity index (χ0v) is 23.9. The Balaban J connectivity index is 1.37. The number of nitrogens with zero attached hydrogens (tertiary/aromatic N) is 1. The van der Waals surface area contributed by atoms with Crippen LogP contribution in [0.3, 0.4) is 0 Å². The predicted molar refractivity (Wildman–Crippen MR) is 159 cm³/mol. The third kappa shape index (κ3) is 7.24.